The topological polar surface area (TPSA) is 46.9 Å². The third-order valence-corrected chi connectivity index (χ3v) is 4.84. The fraction of sp³-hybridized carbons (Fsp3) is 0.412. The molecule has 6 heteroatoms. The molecule has 2 aromatic rings. The number of carbonyl (C=O) groups is 1. The molecule has 0 spiro atoms. The smallest absolute Gasteiger partial charge is 0.256 e. The number of nitrogens with zero attached hydrogens (tertiary/aromatic N) is 2. The summed E-state index contributed by atoms with van der Waals surface area (Å²) in [7, 11) is 0. The minimum Gasteiger partial charge on any atom is -0.345 e. The van der Waals surface area contributed by atoms with Crippen LogP contribution in [-0.4, -0.2) is 15.7 Å². The molecule has 0 radical (unpaired) electrons. The largest absolute Gasteiger partial charge is 0.345 e. The van der Waals surface area contributed by atoms with Gasteiger partial charge in [-0.05, 0) is 31.9 Å². The molecule has 1 heterocycles. The van der Waals surface area contributed by atoms with Crippen molar-refractivity contribution in [2.24, 2.45) is 0 Å². The van der Waals surface area contributed by atoms with Crippen LogP contribution in [0.25, 0.3) is 0 Å². The Hall–Kier alpha value is -1.33. The molecule has 124 valence electrons. The molecule has 1 aromatic carbocycles. The number of rotatable bonds is 6. The number of benzene rings is 1. The first-order chi connectivity index (χ1) is 11.0. The van der Waals surface area contributed by atoms with Crippen LogP contribution in [-0.2, 0) is 6.54 Å². The molecule has 0 saturated heterocycles. The van der Waals surface area contributed by atoms with E-state index < -0.39 is 0 Å². The summed E-state index contributed by atoms with van der Waals surface area (Å²) in [6.45, 7) is 6.59. The van der Waals surface area contributed by atoms with Crippen molar-refractivity contribution in [3.05, 3.63) is 50.7 Å². The summed E-state index contributed by atoms with van der Waals surface area (Å²) in [6.07, 6.45) is 2.03. The van der Waals surface area contributed by atoms with Crippen LogP contribution >= 0.6 is 27.5 Å². The summed E-state index contributed by atoms with van der Waals surface area (Å²) < 4.78 is 2.67. The van der Waals surface area contributed by atoms with E-state index in [0.29, 0.717) is 16.4 Å². The van der Waals surface area contributed by atoms with E-state index in [1.807, 2.05) is 38.1 Å². The molecule has 23 heavy (non-hydrogen) atoms. The highest BCUT2D eigenvalue weighted by Gasteiger charge is 2.22. The number of amides is 1. The Balaban J connectivity index is 2.18. The zero-order valence-electron chi connectivity index (χ0n) is 13.6. The lowest BCUT2D eigenvalue weighted by Crippen LogP contribution is -2.27. The quantitative estimate of drug-likeness (QED) is 0.752. The maximum absolute atomic E-state index is 12.6. The summed E-state index contributed by atoms with van der Waals surface area (Å²) in [6, 6.07) is 7.70. The number of aromatic nitrogens is 2. The molecule has 1 atom stereocenters. The number of halogens is 2. The summed E-state index contributed by atoms with van der Waals surface area (Å²) in [5.74, 6) is -0.196. The Morgan fingerprint density at radius 3 is 2.78 bits per heavy atom. The maximum Gasteiger partial charge on any atom is 0.256 e. The highest BCUT2D eigenvalue weighted by atomic mass is 79.9. The molecule has 1 N–H and O–H groups in total. The first-order valence-electron chi connectivity index (χ1n) is 7.73. The van der Waals surface area contributed by atoms with Crippen molar-refractivity contribution in [1.29, 1.82) is 0 Å². The molecular weight excluding hydrogens is 378 g/mol. The molecule has 0 fully saturated rings. The van der Waals surface area contributed by atoms with E-state index in [2.05, 4.69) is 33.3 Å². The van der Waals surface area contributed by atoms with E-state index in [-0.39, 0.29) is 11.9 Å². The average molecular weight is 399 g/mol. The van der Waals surface area contributed by atoms with Crippen LogP contribution in [0.3, 0.4) is 0 Å². The molecule has 1 unspecified atom stereocenters. The van der Waals surface area contributed by atoms with Gasteiger partial charge < -0.3 is 5.32 Å². The summed E-state index contributed by atoms with van der Waals surface area (Å²) in [5, 5.41) is 7.79. The molecule has 2 rings (SSSR count). The summed E-state index contributed by atoms with van der Waals surface area (Å²) in [5.41, 5.74) is 2.14. The molecule has 0 aliphatic carbocycles. The first kappa shape index (κ1) is 18.0. The van der Waals surface area contributed by atoms with Crippen LogP contribution in [0.4, 0.5) is 0 Å². The van der Waals surface area contributed by atoms with Gasteiger partial charge in [-0.2, -0.15) is 5.10 Å². The second-order valence-corrected chi connectivity index (χ2v) is 6.76. The standard InChI is InChI=1S/C17H21BrClN3O/c1-4-5-10-22-16(19)15(12(3)21-22)17(23)20-11(2)13-8-6-7-9-14(13)18/h6-9,11H,4-5,10H2,1-3H3,(H,20,23). The van der Waals surface area contributed by atoms with Crippen molar-refractivity contribution >= 4 is 33.4 Å². The van der Waals surface area contributed by atoms with E-state index in [1.165, 1.54) is 0 Å². The van der Waals surface area contributed by atoms with Gasteiger partial charge in [0.15, 0.2) is 0 Å². The normalized spacial score (nSPS) is 12.2. The molecular formula is C17H21BrClN3O. The third kappa shape index (κ3) is 4.15. The Morgan fingerprint density at radius 2 is 2.13 bits per heavy atom. The lowest BCUT2D eigenvalue weighted by Gasteiger charge is -2.15. The molecule has 1 aromatic heterocycles. The maximum atomic E-state index is 12.6. The van der Waals surface area contributed by atoms with E-state index in [0.717, 1.165) is 29.4 Å². The molecule has 0 aliphatic rings. The Labute approximate surface area is 150 Å². The number of carbonyl (C=O) groups excluding carboxylic acids is 1. The lowest BCUT2D eigenvalue weighted by atomic mass is 10.1. The molecule has 0 saturated carbocycles. The zero-order chi connectivity index (χ0) is 17.0. The van der Waals surface area contributed by atoms with Crippen LogP contribution in [0.1, 0.15) is 54.3 Å². The summed E-state index contributed by atoms with van der Waals surface area (Å²) in [4.78, 5) is 12.6. The van der Waals surface area contributed by atoms with Crippen molar-refractivity contribution in [1.82, 2.24) is 15.1 Å². The van der Waals surface area contributed by atoms with E-state index >= 15 is 0 Å². The predicted octanol–water partition coefficient (Wildman–Crippen LogP) is 4.90. The highest BCUT2D eigenvalue weighted by Crippen LogP contribution is 2.25. The number of aryl methyl sites for hydroxylation is 2. The van der Waals surface area contributed by atoms with Crippen molar-refractivity contribution in [2.45, 2.75) is 46.2 Å². The van der Waals surface area contributed by atoms with Gasteiger partial charge in [0.1, 0.15) is 5.15 Å². The predicted molar refractivity (Wildman–Crippen MR) is 96.9 cm³/mol. The minimum atomic E-state index is -0.196. The van der Waals surface area contributed by atoms with E-state index in [9.17, 15) is 4.79 Å². The molecule has 4 nitrogen and oxygen atoms in total. The molecule has 0 bridgehead atoms. The second kappa shape index (κ2) is 7.97. The Morgan fingerprint density at radius 1 is 1.43 bits per heavy atom. The summed E-state index contributed by atoms with van der Waals surface area (Å²) >= 11 is 9.86. The van der Waals surface area contributed by atoms with Gasteiger partial charge in [-0.1, -0.05) is 59.1 Å². The minimum absolute atomic E-state index is 0.132. The highest BCUT2D eigenvalue weighted by molar-refractivity contribution is 9.10. The van der Waals surface area contributed by atoms with Gasteiger partial charge in [0.2, 0.25) is 0 Å². The number of hydrogen-bond acceptors (Lipinski definition) is 2. The van der Waals surface area contributed by atoms with E-state index in [1.54, 1.807) is 4.68 Å². The van der Waals surface area contributed by atoms with Gasteiger partial charge in [-0.15, -0.1) is 0 Å². The second-order valence-electron chi connectivity index (χ2n) is 5.54. The SMILES string of the molecule is CCCCn1nc(C)c(C(=O)NC(C)c2ccccc2Br)c1Cl. The van der Waals surface area contributed by atoms with Crippen LogP contribution in [0.2, 0.25) is 5.15 Å². The van der Waals surface area contributed by atoms with Gasteiger partial charge in [-0.25, -0.2) is 0 Å². The number of hydrogen-bond donors (Lipinski definition) is 1. The monoisotopic (exact) mass is 397 g/mol. The van der Waals surface area contributed by atoms with Gasteiger partial charge in [0.25, 0.3) is 5.91 Å². The lowest BCUT2D eigenvalue weighted by molar-refractivity contribution is 0.0939. The number of nitrogens with one attached hydrogen (secondary N) is 1. The van der Waals surface area contributed by atoms with Gasteiger partial charge in [0.05, 0.1) is 17.3 Å². The van der Waals surface area contributed by atoms with Crippen LogP contribution in [0, 0.1) is 6.92 Å². The third-order valence-electron chi connectivity index (χ3n) is 3.74. The van der Waals surface area contributed by atoms with Gasteiger partial charge in [0, 0.05) is 11.0 Å². The van der Waals surface area contributed by atoms with Gasteiger partial charge >= 0.3 is 0 Å². The van der Waals surface area contributed by atoms with Crippen molar-refractivity contribution < 1.29 is 4.79 Å². The van der Waals surface area contributed by atoms with Crippen LogP contribution in [0.15, 0.2) is 28.7 Å². The van der Waals surface area contributed by atoms with Crippen molar-refractivity contribution in [2.75, 3.05) is 0 Å². The zero-order valence-corrected chi connectivity index (χ0v) is 15.9. The van der Waals surface area contributed by atoms with Crippen molar-refractivity contribution in [3.8, 4) is 0 Å². The molecule has 1 amide bonds. The average Bonchev–Trinajstić information content (AvgIpc) is 2.79. The van der Waals surface area contributed by atoms with Crippen LogP contribution in [0.5, 0.6) is 0 Å². The van der Waals surface area contributed by atoms with Gasteiger partial charge in [-0.3, -0.25) is 9.48 Å². The fourth-order valence-electron chi connectivity index (χ4n) is 2.44. The number of unbranched alkanes of at least 4 members (excludes halogenated alkanes) is 1. The van der Waals surface area contributed by atoms with Crippen LogP contribution < -0.4 is 5.32 Å². The first-order valence-corrected chi connectivity index (χ1v) is 8.91. The Kier molecular flexibility index (Phi) is 6.25. The molecule has 0 aliphatic heterocycles. The fourth-order valence-corrected chi connectivity index (χ4v) is 3.41. The Bertz CT molecular complexity index is 699. The van der Waals surface area contributed by atoms with Crippen molar-refractivity contribution in [3.63, 3.8) is 0 Å². The van der Waals surface area contributed by atoms with E-state index in [4.69, 9.17) is 11.6 Å².